The van der Waals surface area contributed by atoms with Crippen molar-refractivity contribution in [1.29, 1.82) is 0 Å². The molecule has 0 amide bonds. The molecule has 26 heavy (non-hydrogen) atoms. The van der Waals surface area contributed by atoms with Crippen molar-refractivity contribution in [1.82, 2.24) is 10.2 Å². The number of carbonyl (C=O) groups excluding carboxylic acids is 1. The van der Waals surface area contributed by atoms with Crippen molar-refractivity contribution < 1.29 is 4.79 Å². The molecule has 0 bridgehead atoms. The Balaban J connectivity index is 1.88. The summed E-state index contributed by atoms with van der Waals surface area (Å²) in [4.78, 5) is 16.3. The molecule has 2 aliphatic heterocycles. The maximum atomic E-state index is 11.8. The normalized spacial score (nSPS) is 26.2. The van der Waals surface area contributed by atoms with Gasteiger partial charge < -0.3 is 15.0 Å². The molecule has 1 N–H and O–H groups in total. The van der Waals surface area contributed by atoms with E-state index >= 15 is 0 Å². The Kier molecular flexibility index (Phi) is 4.81. The molecule has 0 saturated carbocycles. The quantitative estimate of drug-likeness (QED) is 0.667. The average molecular weight is 368 g/mol. The van der Waals surface area contributed by atoms with Gasteiger partial charge in [-0.25, -0.2) is 0 Å². The zero-order valence-electron chi connectivity index (χ0n) is 14.7. The molecule has 0 spiro atoms. The van der Waals surface area contributed by atoms with Crippen LogP contribution in [0.2, 0.25) is 0 Å². The molecule has 4 rings (SSSR count). The summed E-state index contributed by atoms with van der Waals surface area (Å²) in [6.45, 7) is 1.69. The maximum absolute atomic E-state index is 11.8. The minimum Gasteiger partial charge on any atom is -0.323 e. The third kappa shape index (κ3) is 2.94. The second kappa shape index (κ2) is 7.23. The van der Waals surface area contributed by atoms with Crippen LogP contribution in [0.5, 0.6) is 0 Å². The number of hydrogen-bond acceptors (Lipinski definition) is 4. The highest BCUT2D eigenvalue weighted by Gasteiger charge is 2.42. The van der Waals surface area contributed by atoms with Crippen LogP contribution in [0.15, 0.2) is 59.8 Å². The molecule has 134 valence electrons. The summed E-state index contributed by atoms with van der Waals surface area (Å²) in [5.41, 5.74) is 3.32. The van der Waals surface area contributed by atoms with E-state index in [4.69, 9.17) is 11.6 Å². The van der Waals surface area contributed by atoms with E-state index in [9.17, 15) is 4.79 Å². The lowest BCUT2D eigenvalue weighted by Gasteiger charge is -2.48. The summed E-state index contributed by atoms with van der Waals surface area (Å²) in [6.07, 6.45) is 3.03. The molecule has 0 radical (unpaired) electrons. The minimum absolute atomic E-state index is 0.0231. The molecular formula is C21H22ClN3O. The van der Waals surface area contributed by atoms with Gasteiger partial charge in [0.25, 0.3) is 0 Å². The molecule has 0 aliphatic carbocycles. The van der Waals surface area contributed by atoms with Crippen molar-refractivity contribution in [2.24, 2.45) is 0 Å². The van der Waals surface area contributed by atoms with E-state index in [2.05, 4.69) is 46.4 Å². The number of piperazine rings is 1. The first-order valence-corrected chi connectivity index (χ1v) is 9.28. The van der Waals surface area contributed by atoms with Crippen molar-refractivity contribution in [2.75, 3.05) is 25.0 Å². The third-order valence-corrected chi connectivity index (χ3v) is 5.61. The first kappa shape index (κ1) is 17.3. The molecule has 2 aromatic rings. The van der Waals surface area contributed by atoms with Crippen LogP contribution in [0.1, 0.15) is 17.2 Å². The number of anilines is 1. The smallest absolute Gasteiger partial charge is 0.138 e. The molecule has 1 saturated heterocycles. The Morgan fingerprint density at radius 3 is 2.62 bits per heavy atom. The van der Waals surface area contributed by atoms with Gasteiger partial charge in [0.15, 0.2) is 0 Å². The van der Waals surface area contributed by atoms with E-state index in [0.717, 1.165) is 30.6 Å². The molecular weight excluding hydrogens is 346 g/mol. The van der Waals surface area contributed by atoms with Crippen molar-refractivity contribution in [2.45, 2.75) is 18.1 Å². The summed E-state index contributed by atoms with van der Waals surface area (Å²) in [6, 6.07) is 18.1. The van der Waals surface area contributed by atoms with Gasteiger partial charge in [0, 0.05) is 18.8 Å². The first-order chi connectivity index (χ1) is 12.7. The van der Waals surface area contributed by atoms with Gasteiger partial charge in [0.1, 0.15) is 11.4 Å². The lowest BCUT2D eigenvalue weighted by molar-refractivity contribution is -0.112. The SMILES string of the molecule is CN1CCNC(C=O)C1C1c2ccccc2C=C(Cl)N1c1ccccc1. The molecule has 2 aliphatic rings. The zero-order chi connectivity index (χ0) is 18.1. The van der Waals surface area contributed by atoms with E-state index in [1.807, 2.05) is 36.4 Å². The van der Waals surface area contributed by atoms with E-state index in [0.29, 0.717) is 5.16 Å². The number of nitrogens with one attached hydrogen (secondary N) is 1. The molecule has 1 fully saturated rings. The molecule has 0 aromatic heterocycles. The standard InChI is InChI=1S/C21H22ClN3O/c1-24-12-11-23-18(14-26)21(24)20-17-10-6-5-7-15(17)13-19(22)25(20)16-8-3-2-4-9-16/h2-10,13-14,18,20-21,23H,11-12H2,1H3. The van der Waals surface area contributed by atoms with Crippen LogP contribution in [0, 0.1) is 0 Å². The fraction of sp³-hybridized carbons (Fsp3) is 0.286. The number of nitrogens with zero attached hydrogens (tertiary/aromatic N) is 2. The highest BCUT2D eigenvalue weighted by molar-refractivity contribution is 6.33. The number of para-hydroxylation sites is 1. The van der Waals surface area contributed by atoms with Crippen LogP contribution >= 0.6 is 11.6 Å². The van der Waals surface area contributed by atoms with E-state index < -0.39 is 0 Å². The van der Waals surface area contributed by atoms with Gasteiger partial charge >= 0.3 is 0 Å². The number of likely N-dealkylation sites (N-methyl/N-ethyl adjacent to an activating group) is 1. The maximum Gasteiger partial charge on any atom is 0.138 e. The zero-order valence-corrected chi connectivity index (χ0v) is 15.4. The summed E-state index contributed by atoms with van der Waals surface area (Å²) < 4.78 is 0. The fourth-order valence-corrected chi connectivity index (χ4v) is 4.43. The summed E-state index contributed by atoms with van der Waals surface area (Å²) in [5.74, 6) is 0. The minimum atomic E-state index is -0.249. The van der Waals surface area contributed by atoms with E-state index in [-0.39, 0.29) is 18.1 Å². The summed E-state index contributed by atoms with van der Waals surface area (Å²) >= 11 is 6.76. The predicted octanol–water partition coefficient (Wildman–Crippen LogP) is 3.26. The number of aldehydes is 1. The summed E-state index contributed by atoms with van der Waals surface area (Å²) in [7, 11) is 2.08. The van der Waals surface area contributed by atoms with E-state index in [1.165, 1.54) is 5.56 Å². The van der Waals surface area contributed by atoms with Gasteiger partial charge in [-0.05, 0) is 36.4 Å². The number of fused-ring (bicyclic) bond motifs is 1. The largest absolute Gasteiger partial charge is 0.323 e. The molecule has 4 nitrogen and oxygen atoms in total. The van der Waals surface area contributed by atoms with E-state index in [1.54, 1.807) is 0 Å². The Bertz CT molecular complexity index is 823. The Morgan fingerprint density at radius 2 is 1.85 bits per heavy atom. The fourth-order valence-electron chi connectivity index (χ4n) is 4.11. The van der Waals surface area contributed by atoms with Gasteiger partial charge in [-0.15, -0.1) is 0 Å². The van der Waals surface area contributed by atoms with Crippen LogP contribution in [0.4, 0.5) is 5.69 Å². The van der Waals surface area contributed by atoms with Crippen molar-refractivity contribution in [3.63, 3.8) is 0 Å². The molecule has 3 atom stereocenters. The topological polar surface area (TPSA) is 35.6 Å². The monoisotopic (exact) mass is 367 g/mol. The van der Waals surface area contributed by atoms with Gasteiger partial charge in [-0.1, -0.05) is 54.1 Å². The van der Waals surface area contributed by atoms with Gasteiger partial charge in [-0.3, -0.25) is 4.90 Å². The second-order valence-corrected chi connectivity index (χ2v) is 7.22. The van der Waals surface area contributed by atoms with Gasteiger partial charge in [0.2, 0.25) is 0 Å². The van der Waals surface area contributed by atoms with Gasteiger partial charge in [0.05, 0.1) is 18.1 Å². The Morgan fingerprint density at radius 1 is 1.12 bits per heavy atom. The Labute approximate surface area is 159 Å². The van der Waals surface area contributed by atoms with Crippen LogP contribution in [-0.4, -0.2) is 43.4 Å². The lowest BCUT2D eigenvalue weighted by Crippen LogP contribution is -2.62. The van der Waals surface area contributed by atoms with Crippen molar-refractivity contribution in [3.05, 3.63) is 70.9 Å². The van der Waals surface area contributed by atoms with Crippen LogP contribution in [0.25, 0.3) is 6.08 Å². The van der Waals surface area contributed by atoms with Crippen molar-refractivity contribution in [3.8, 4) is 0 Å². The predicted molar refractivity (Wildman–Crippen MR) is 106 cm³/mol. The third-order valence-electron chi connectivity index (χ3n) is 5.32. The molecule has 3 unspecified atom stereocenters. The van der Waals surface area contributed by atoms with Crippen LogP contribution in [-0.2, 0) is 4.79 Å². The average Bonchev–Trinajstić information content (AvgIpc) is 2.67. The number of benzene rings is 2. The number of halogens is 1. The summed E-state index contributed by atoms with van der Waals surface area (Å²) in [5, 5.41) is 4.04. The number of hydrogen-bond donors (Lipinski definition) is 1. The second-order valence-electron chi connectivity index (χ2n) is 6.83. The first-order valence-electron chi connectivity index (χ1n) is 8.90. The molecule has 2 aromatic carbocycles. The lowest BCUT2D eigenvalue weighted by atomic mass is 9.85. The Hall–Kier alpha value is -2.14. The molecule has 2 heterocycles. The van der Waals surface area contributed by atoms with Crippen molar-refractivity contribution >= 4 is 29.7 Å². The molecule has 5 heteroatoms. The highest BCUT2D eigenvalue weighted by atomic mass is 35.5. The number of carbonyl (C=O) groups is 1. The number of rotatable bonds is 3. The van der Waals surface area contributed by atoms with Crippen LogP contribution < -0.4 is 10.2 Å². The van der Waals surface area contributed by atoms with Crippen LogP contribution in [0.3, 0.4) is 0 Å². The highest BCUT2D eigenvalue weighted by Crippen LogP contribution is 2.43. The van der Waals surface area contributed by atoms with Gasteiger partial charge in [-0.2, -0.15) is 0 Å².